The van der Waals surface area contributed by atoms with Gasteiger partial charge < -0.3 is 20.5 Å². The lowest BCUT2D eigenvalue weighted by Crippen LogP contribution is -2.25. The Balaban J connectivity index is 0.00000361. The second kappa shape index (κ2) is 10.1. The molecule has 20 heavy (non-hydrogen) atoms. The second-order valence-electron chi connectivity index (χ2n) is 3.94. The molecular weight excluding hydrogens is 395 g/mol. The van der Waals surface area contributed by atoms with Gasteiger partial charge in [-0.1, -0.05) is 0 Å². The van der Waals surface area contributed by atoms with Crippen molar-refractivity contribution in [1.82, 2.24) is 5.32 Å². The molecule has 7 heteroatoms. The molecule has 0 spiro atoms. The third-order valence-electron chi connectivity index (χ3n) is 2.63. The normalized spacial score (nSPS) is 9.60. The minimum atomic E-state index is -0.109. The first-order valence-electron chi connectivity index (χ1n) is 6.03. The van der Waals surface area contributed by atoms with E-state index >= 15 is 0 Å². The summed E-state index contributed by atoms with van der Waals surface area (Å²) < 4.78 is 11.2. The highest BCUT2D eigenvalue weighted by molar-refractivity contribution is 14.1. The molecular formula is C13H20ClIN2O3. The topological polar surface area (TPSA) is 73.6 Å². The number of nitrogens with one attached hydrogen (secondary N) is 1. The lowest BCUT2D eigenvalue weighted by Gasteiger charge is -2.12. The number of nitrogens with two attached hydrogens (primary N) is 1. The van der Waals surface area contributed by atoms with E-state index in [-0.39, 0.29) is 18.3 Å². The average Bonchev–Trinajstić information content (AvgIpc) is 2.42. The van der Waals surface area contributed by atoms with E-state index < -0.39 is 0 Å². The van der Waals surface area contributed by atoms with Crippen molar-refractivity contribution in [2.75, 3.05) is 27.3 Å². The van der Waals surface area contributed by atoms with E-state index in [0.717, 1.165) is 16.4 Å². The monoisotopic (exact) mass is 414 g/mol. The number of methoxy groups -OCH3 is 2. The molecule has 0 aromatic heterocycles. The average molecular weight is 415 g/mol. The van der Waals surface area contributed by atoms with Crippen LogP contribution in [0.4, 0.5) is 0 Å². The number of carbonyl (C=O) groups excluding carboxylic acids is 1. The first-order chi connectivity index (χ1) is 9.13. The van der Waals surface area contributed by atoms with Crippen LogP contribution in [0.3, 0.4) is 0 Å². The Hall–Kier alpha value is -0.730. The molecule has 0 aliphatic rings. The quantitative estimate of drug-likeness (QED) is 0.530. The maximum absolute atomic E-state index is 12.1. The fraction of sp³-hybridized carbons (Fsp3) is 0.462. The molecule has 3 N–H and O–H groups in total. The Morgan fingerprint density at radius 1 is 1.25 bits per heavy atom. The highest BCUT2D eigenvalue weighted by atomic mass is 127. The fourth-order valence-electron chi connectivity index (χ4n) is 1.59. The highest BCUT2D eigenvalue weighted by Crippen LogP contribution is 2.31. The summed E-state index contributed by atoms with van der Waals surface area (Å²) in [5.41, 5.74) is 6.00. The van der Waals surface area contributed by atoms with E-state index in [0.29, 0.717) is 30.2 Å². The van der Waals surface area contributed by atoms with E-state index in [9.17, 15) is 4.79 Å². The zero-order valence-electron chi connectivity index (χ0n) is 11.6. The lowest BCUT2D eigenvalue weighted by molar-refractivity contribution is 0.0951. The smallest absolute Gasteiger partial charge is 0.252 e. The van der Waals surface area contributed by atoms with Gasteiger partial charge in [-0.05, 0) is 54.1 Å². The van der Waals surface area contributed by atoms with Gasteiger partial charge in [0, 0.05) is 10.1 Å². The Labute approximate surface area is 139 Å². The van der Waals surface area contributed by atoms with Gasteiger partial charge in [-0.25, -0.2) is 0 Å². The molecule has 1 amide bonds. The van der Waals surface area contributed by atoms with Crippen molar-refractivity contribution in [2.24, 2.45) is 5.73 Å². The number of hydrogen-bond acceptors (Lipinski definition) is 4. The van der Waals surface area contributed by atoms with Gasteiger partial charge >= 0.3 is 0 Å². The van der Waals surface area contributed by atoms with E-state index in [4.69, 9.17) is 15.2 Å². The van der Waals surface area contributed by atoms with Gasteiger partial charge in [0.15, 0.2) is 11.5 Å². The largest absolute Gasteiger partial charge is 0.493 e. The Kier molecular flexibility index (Phi) is 9.70. The Bertz CT molecular complexity index is 444. The summed E-state index contributed by atoms with van der Waals surface area (Å²) >= 11 is 2.11. The Morgan fingerprint density at radius 2 is 1.85 bits per heavy atom. The van der Waals surface area contributed by atoms with Gasteiger partial charge in [0.25, 0.3) is 5.91 Å². The highest BCUT2D eigenvalue weighted by Gasteiger charge is 2.14. The van der Waals surface area contributed by atoms with Crippen LogP contribution in [0.2, 0.25) is 0 Å². The summed E-state index contributed by atoms with van der Waals surface area (Å²) in [6, 6.07) is 3.48. The predicted octanol–water partition coefficient (Wildman–Crippen LogP) is 2.20. The third-order valence-corrected chi connectivity index (χ3v) is 3.53. The molecule has 0 fully saturated rings. The van der Waals surface area contributed by atoms with Gasteiger partial charge in [-0.15, -0.1) is 12.4 Å². The summed E-state index contributed by atoms with van der Waals surface area (Å²) in [6.07, 6.45) is 1.79. The van der Waals surface area contributed by atoms with Crippen molar-refractivity contribution in [2.45, 2.75) is 12.8 Å². The number of amides is 1. The van der Waals surface area contributed by atoms with E-state index in [1.54, 1.807) is 26.4 Å². The zero-order chi connectivity index (χ0) is 14.3. The molecule has 0 unspecified atom stereocenters. The minimum absolute atomic E-state index is 0. The van der Waals surface area contributed by atoms with Gasteiger partial charge in [-0.2, -0.15) is 0 Å². The molecule has 0 saturated carbocycles. The first-order valence-corrected chi connectivity index (χ1v) is 7.11. The van der Waals surface area contributed by atoms with E-state index in [2.05, 4.69) is 27.9 Å². The van der Waals surface area contributed by atoms with Crippen molar-refractivity contribution in [1.29, 1.82) is 0 Å². The van der Waals surface area contributed by atoms with Crippen molar-refractivity contribution >= 4 is 40.9 Å². The van der Waals surface area contributed by atoms with Gasteiger partial charge in [0.1, 0.15) is 0 Å². The van der Waals surface area contributed by atoms with Crippen LogP contribution in [0, 0.1) is 3.57 Å². The van der Waals surface area contributed by atoms with Crippen LogP contribution in [-0.4, -0.2) is 33.2 Å². The summed E-state index contributed by atoms with van der Waals surface area (Å²) in [5.74, 6) is 1.06. The molecule has 1 aromatic rings. The molecule has 0 aliphatic carbocycles. The zero-order valence-corrected chi connectivity index (χ0v) is 14.5. The molecule has 1 aromatic carbocycles. The van der Waals surface area contributed by atoms with Crippen LogP contribution in [0.5, 0.6) is 11.5 Å². The van der Waals surface area contributed by atoms with Crippen LogP contribution >= 0.6 is 35.0 Å². The predicted molar refractivity (Wildman–Crippen MR) is 90.1 cm³/mol. The van der Waals surface area contributed by atoms with Crippen molar-refractivity contribution < 1.29 is 14.3 Å². The first kappa shape index (κ1) is 19.3. The van der Waals surface area contributed by atoms with Gasteiger partial charge in [0.05, 0.1) is 19.8 Å². The molecule has 0 bridgehead atoms. The number of ether oxygens (including phenoxy) is 2. The standard InChI is InChI=1S/C13H19IN2O3.ClH/c1-18-11-7-9(10(14)8-12(11)19-2)13(17)16-6-4-3-5-15;/h7-8H,3-6,15H2,1-2H3,(H,16,17);1H. The summed E-state index contributed by atoms with van der Waals surface area (Å²) in [5, 5.41) is 2.87. The number of benzene rings is 1. The fourth-order valence-corrected chi connectivity index (χ4v) is 2.28. The molecule has 5 nitrogen and oxygen atoms in total. The summed E-state index contributed by atoms with van der Waals surface area (Å²) in [4.78, 5) is 12.1. The number of rotatable bonds is 7. The molecule has 0 aliphatic heterocycles. The molecule has 114 valence electrons. The SMILES string of the molecule is COc1cc(I)c(C(=O)NCCCCN)cc1OC.Cl. The molecule has 0 atom stereocenters. The van der Waals surface area contributed by atoms with Crippen LogP contribution in [0.25, 0.3) is 0 Å². The summed E-state index contributed by atoms with van der Waals surface area (Å²) in [7, 11) is 3.12. The molecule has 0 saturated heterocycles. The van der Waals surface area contributed by atoms with Crippen molar-refractivity contribution in [3.8, 4) is 11.5 Å². The number of halogens is 2. The molecule has 0 radical (unpaired) electrons. The van der Waals surface area contributed by atoms with Crippen LogP contribution < -0.4 is 20.5 Å². The number of unbranched alkanes of at least 4 members (excludes halogenated alkanes) is 1. The van der Waals surface area contributed by atoms with Gasteiger partial charge in [0.2, 0.25) is 0 Å². The maximum atomic E-state index is 12.1. The van der Waals surface area contributed by atoms with Crippen molar-refractivity contribution in [3.63, 3.8) is 0 Å². The maximum Gasteiger partial charge on any atom is 0.252 e. The molecule has 0 heterocycles. The van der Waals surface area contributed by atoms with E-state index in [1.165, 1.54) is 0 Å². The van der Waals surface area contributed by atoms with Crippen LogP contribution in [0.1, 0.15) is 23.2 Å². The van der Waals surface area contributed by atoms with E-state index in [1.807, 2.05) is 0 Å². The lowest BCUT2D eigenvalue weighted by atomic mass is 10.2. The number of hydrogen-bond donors (Lipinski definition) is 2. The van der Waals surface area contributed by atoms with Gasteiger partial charge in [-0.3, -0.25) is 4.79 Å². The summed E-state index contributed by atoms with van der Waals surface area (Å²) in [6.45, 7) is 1.27. The van der Waals surface area contributed by atoms with Crippen LogP contribution in [0.15, 0.2) is 12.1 Å². The minimum Gasteiger partial charge on any atom is -0.493 e. The second-order valence-corrected chi connectivity index (χ2v) is 5.10. The van der Waals surface area contributed by atoms with Crippen molar-refractivity contribution in [3.05, 3.63) is 21.3 Å². The van der Waals surface area contributed by atoms with Crippen LogP contribution in [-0.2, 0) is 0 Å². The molecule has 1 rings (SSSR count). The third kappa shape index (κ3) is 5.34. The number of carbonyl (C=O) groups is 1. The Morgan fingerprint density at radius 3 is 2.40 bits per heavy atom.